The highest BCUT2D eigenvalue weighted by molar-refractivity contribution is 5.76. The molecule has 2 aliphatic heterocycles. The van der Waals surface area contributed by atoms with E-state index in [9.17, 15) is 14.0 Å². The molecule has 2 saturated heterocycles. The van der Waals surface area contributed by atoms with Gasteiger partial charge >= 0.3 is 0 Å². The van der Waals surface area contributed by atoms with Gasteiger partial charge in [0.15, 0.2) is 0 Å². The number of nitrogens with zero attached hydrogens (tertiary/aromatic N) is 1. The van der Waals surface area contributed by atoms with Crippen LogP contribution in [0.15, 0.2) is 18.2 Å². The molecule has 1 amide bonds. The van der Waals surface area contributed by atoms with Crippen molar-refractivity contribution in [1.29, 1.82) is 0 Å². The van der Waals surface area contributed by atoms with E-state index in [4.69, 9.17) is 0 Å². The molecule has 3 N–H and O–H groups in total. The molecule has 0 radical (unpaired) electrons. The second kappa shape index (κ2) is 10.7. The van der Waals surface area contributed by atoms with E-state index in [1.54, 1.807) is 7.05 Å². The fourth-order valence-corrected chi connectivity index (χ4v) is 4.50. The smallest absolute Gasteiger partial charge is 0.219 e. The van der Waals surface area contributed by atoms with Crippen LogP contribution in [0, 0.1) is 5.82 Å². The molecule has 1 unspecified atom stereocenters. The summed E-state index contributed by atoms with van der Waals surface area (Å²) in [4.78, 5) is 25.2. The number of piperidine rings is 2. The Morgan fingerprint density at radius 1 is 1.28 bits per heavy atom. The number of hydrogen-bond acceptors (Lipinski definition) is 5. The van der Waals surface area contributed by atoms with E-state index in [2.05, 4.69) is 20.9 Å². The molecule has 2 fully saturated rings. The predicted octanol–water partition coefficient (Wildman–Crippen LogP) is 2.26. The van der Waals surface area contributed by atoms with E-state index in [0.29, 0.717) is 18.2 Å². The van der Waals surface area contributed by atoms with Gasteiger partial charge in [0.25, 0.3) is 0 Å². The van der Waals surface area contributed by atoms with Crippen molar-refractivity contribution in [1.82, 2.24) is 15.5 Å². The van der Waals surface area contributed by atoms with Crippen LogP contribution in [0.2, 0.25) is 0 Å². The number of aldehydes is 1. The third kappa shape index (κ3) is 6.00. The first-order chi connectivity index (χ1) is 14.1. The Morgan fingerprint density at radius 3 is 2.62 bits per heavy atom. The van der Waals surface area contributed by atoms with Crippen molar-refractivity contribution in [3.05, 3.63) is 29.6 Å². The Labute approximate surface area is 172 Å². The molecule has 2 aliphatic rings. The minimum atomic E-state index is -0.509. The molecule has 6 nitrogen and oxygen atoms in total. The van der Waals surface area contributed by atoms with Gasteiger partial charge in [0.2, 0.25) is 5.91 Å². The third-order valence-electron chi connectivity index (χ3n) is 6.27. The SMILES string of the molecule is CNC(=O)CCC(C=O)Nc1ccc(C2CCN(C3CCNCC3)CC2)c(F)c1. The van der Waals surface area contributed by atoms with Gasteiger partial charge in [0.05, 0.1) is 6.04 Å². The number of anilines is 1. The summed E-state index contributed by atoms with van der Waals surface area (Å²) in [6, 6.07) is 5.33. The van der Waals surface area contributed by atoms with Crippen molar-refractivity contribution in [3.8, 4) is 0 Å². The third-order valence-corrected chi connectivity index (χ3v) is 6.27. The average molecular weight is 405 g/mol. The van der Waals surface area contributed by atoms with Crippen LogP contribution in [0.1, 0.15) is 50.0 Å². The quantitative estimate of drug-likeness (QED) is 0.580. The second-order valence-electron chi connectivity index (χ2n) is 8.13. The molecule has 2 heterocycles. The first kappa shape index (κ1) is 21.7. The molecule has 29 heavy (non-hydrogen) atoms. The van der Waals surface area contributed by atoms with Crippen LogP contribution in [-0.2, 0) is 9.59 Å². The zero-order chi connectivity index (χ0) is 20.6. The molecule has 7 heteroatoms. The first-order valence-corrected chi connectivity index (χ1v) is 10.8. The number of benzene rings is 1. The highest BCUT2D eigenvalue weighted by Gasteiger charge is 2.28. The molecule has 0 bridgehead atoms. The Hall–Kier alpha value is -1.99. The van der Waals surface area contributed by atoms with Gasteiger partial charge in [0, 0.05) is 25.2 Å². The number of halogens is 1. The van der Waals surface area contributed by atoms with E-state index < -0.39 is 6.04 Å². The Morgan fingerprint density at radius 2 is 2.00 bits per heavy atom. The summed E-state index contributed by atoms with van der Waals surface area (Å²) < 4.78 is 14.8. The van der Waals surface area contributed by atoms with Crippen LogP contribution in [0.5, 0.6) is 0 Å². The van der Waals surface area contributed by atoms with Gasteiger partial charge in [0.1, 0.15) is 12.1 Å². The van der Waals surface area contributed by atoms with Crippen molar-refractivity contribution in [2.45, 2.75) is 56.5 Å². The topological polar surface area (TPSA) is 73.5 Å². The van der Waals surface area contributed by atoms with Gasteiger partial charge in [-0.25, -0.2) is 4.39 Å². The lowest BCUT2D eigenvalue weighted by Gasteiger charge is -2.39. The molecule has 0 spiro atoms. The number of likely N-dealkylation sites (tertiary alicyclic amines) is 1. The molecule has 1 aromatic rings. The van der Waals surface area contributed by atoms with Gasteiger partial charge in [-0.2, -0.15) is 0 Å². The molecule has 0 aliphatic carbocycles. The van der Waals surface area contributed by atoms with Crippen LogP contribution < -0.4 is 16.0 Å². The maximum Gasteiger partial charge on any atom is 0.219 e. The van der Waals surface area contributed by atoms with Gasteiger partial charge in [-0.15, -0.1) is 0 Å². The number of hydrogen-bond donors (Lipinski definition) is 3. The van der Waals surface area contributed by atoms with E-state index in [1.807, 2.05) is 12.1 Å². The number of rotatable bonds is 8. The van der Waals surface area contributed by atoms with Crippen molar-refractivity contribution in [2.75, 3.05) is 38.5 Å². The van der Waals surface area contributed by atoms with Crippen molar-refractivity contribution >= 4 is 17.9 Å². The molecule has 0 saturated carbocycles. The Kier molecular flexibility index (Phi) is 8.00. The summed E-state index contributed by atoms with van der Waals surface area (Å²) in [6.45, 7) is 4.25. The second-order valence-corrected chi connectivity index (χ2v) is 8.13. The Balaban J connectivity index is 1.54. The van der Waals surface area contributed by atoms with Gasteiger partial charge in [-0.1, -0.05) is 6.07 Å². The minimum absolute atomic E-state index is 0.115. The van der Waals surface area contributed by atoms with E-state index >= 15 is 0 Å². The summed E-state index contributed by atoms with van der Waals surface area (Å²) in [5, 5.41) is 8.97. The zero-order valence-electron chi connectivity index (χ0n) is 17.3. The molecular weight excluding hydrogens is 371 g/mol. The van der Waals surface area contributed by atoms with E-state index in [-0.39, 0.29) is 24.1 Å². The molecule has 0 aromatic heterocycles. The van der Waals surface area contributed by atoms with Crippen LogP contribution in [0.3, 0.4) is 0 Å². The highest BCUT2D eigenvalue weighted by Crippen LogP contribution is 2.32. The minimum Gasteiger partial charge on any atom is -0.375 e. The largest absolute Gasteiger partial charge is 0.375 e. The molecule has 160 valence electrons. The highest BCUT2D eigenvalue weighted by atomic mass is 19.1. The molecule has 3 rings (SSSR count). The lowest BCUT2D eigenvalue weighted by atomic mass is 9.87. The number of nitrogens with one attached hydrogen (secondary N) is 3. The maximum absolute atomic E-state index is 14.8. The molecular formula is C22H33FN4O2. The summed E-state index contributed by atoms with van der Waals surface area (Å²) in [5.74, 6) is -0.0839. The van der Waals surface area contributed by atoms with Crippen LogP contribution >= 0.6 is 0 Å². The Bertz CT molecular complexity index is 685. The predicted molar refractivity (Wildman–Crippen MR) is 113 cm³/mol. The van der Waals surface area contributed by atoms with Crippen LogP contribution in [0.25, 0.3) is 0 Å². The maximum atomic E-state index is 14.8. The van der Waals surface area contributed by atoms with Gasteiger partial charge in [-0.3, -0.25) is 4.79 Å². The number of amides is 1. The van der Waals surface area contributed by atoms with Crippen LogP contribution in [-0.4, -0.2) is 62.4 Å². The fourth-order valence-electron chi connectivity index (χ4n) is 4.50. The molecule has 1 atom stereocenters. The number of carbonyl (C=O) groups is 2. The number of carbonyl (C=O) groups excluding carboxylic acids is 2. The first-order valence-electron chi connectivity index (χ1n) is 10.8. The summed E-state index contributed by atoms with van der Waals surface area (Å²) in [7, 11) is 1.57. The fraction of sp³-hybridized carbons (Fsp3) is 0.636. The van der Waals surface area contributed by atoms with Crippen LogP contribution in [0.4, 0.5) is 10.1 Å². The van der Waals surface area contributed by atoms with Crippen molar-refractivity contribution in [3.63, 3.8) is 0 Å². The van der Waals surface area contributed by atoms with Crippen molar-refractivity contribution in [2.24, 2.45) is 0 Å². The summed E-state index contributed by atoms with van der Waals surface area (Å²) >= 11 is 0. The monoisotopic (exact) mass is 404 g/mol. The van der Waals surface area contributed by atoms with E-state index in [0.717, 1.165) is 50.9 Å². The van der Waals surface area contributed by atoms with E-state index in [1.165, 1.54) is 18.9 Å². The normalized spacial score (nSPS) is 20.2. The van der Waals surface area contributed by atoms with Gasteiger partial charge < -0.3 is 25.6 Å². The lowest BCUT2D eigenvalue weighted by molar-refractivity contribution is -0.120. The lowest BCUT2D eigenvalue weighted by Crippen LogP contribution is -2.46. The van der Waals surface area contributed by atoms with Crippen molar-refractivity contribution < 1.29 is 14.0 Å². The molecule has 1 aromatic carbocycles. The summed E-state index contributed by atoms with van der Waals surface area (Å²) in [6.07, 6.45) is 5.78. The van der Waals surface area contributed by atoms with Gasteiger partial charge in [-0.05, 0) is 81.9 Å². The zero-order valence-corrected chi connectivity index (χ0v) is 17.3. The standard InChI is InChI=1S/C22H33FN4O2/c1-24-22(29)5-3-18(15-28)26-17-2-4-20(21(23)14-17)16-8-12-27(13-9-16)19-6-10-25-11-7-19/h2,4,14-16,18-19,25-26H,3,5-13H2,1H3,(H,24,29). The average Bonchev–Trinajstić information content (AvgIpc) is 2.77. The summed E-state index contributed by atoms with van der Waals surface area (Å²) in [5.41, 5.74) is 1.35.